The summed E-state index contributed by atoms with van der Waals surface area (Å²) in [5, 5.41) is 3.59. The Morgan fingerprint density at radius 2 is 1.96 bits per heavy atom. The fourth-order valence-electron chi connectivity index (χ4n) is 3.47. The number of aromatic amines is 1. The van der Waals surface area contributed by atoms with Crippen LogP contribution in [-0.2, 0) is 11.2 Å². The lowest BCUT2D eigenvalue weighted by Gasteiger charge is -2.26. The van der Waals surface area contributed by atoms with E-state index in [2.05, 4.69) is 20.2 Å². The number of nitrogens with zero attached hydrogens (tertiary/aromatic N) is 2. The highest BCUT2D eigenvalue weighted by atomic mass is 16.1. The molecule has 6 nitrogen and oxygen atoms in total. The van der Waals surface area contributed by atoms with Crippen LogP contribution in [0.2, 0.25) is 0 Å². The number of aryl methyl sites for hydroxylation is 1. The standard InChI is InChI=1S/C20H28N4O2/c25-19(21-12-7-15-24-13-4-1-5-14-24)11-6-10-18-22-17-9-3-2-8-16(17)20(26)23-18/h2-3,8-9H,1,4-7,10-15H2,(H,21,25)(H,22,23,26). The molecule has 0 aliphatic carbocycles. The predicted octanol–water partition coefficient (Wildman–Crippen LogP) is 2.24. The first-order valence-corrected chi connectivity index (χ1v) is 9.69. The van der Waals surface area contributed by atoms with Gasteiger partial charge in [0.25, 0.3) is 5.56 Å². The first-order chi connectivity index (χ1) is 12.7. The van der Waals surface area contributed by atoms with Crippen LogP contribution < -0.4 is 10.9 Å². The van der Waals surface area contributed by atoms with Crippen LogP contribution in [0.3, 0.4) is 0 Å². The van der Waals surface area contributed by atoms with E-state index < -0.39 is 0 Å². The molecule has 1 aliphatic heterocycles. The van der Waals surface area contributed by atoms with Crippen LogP contribution in [0.4, 0.5) is 0 Å². The molecule has 1 amide bonds. The Morgan fingerprint density at radius 1 is 1.15 bits per heavy atom. The molecule has 0 bridgehead atoms. The van der Waals surface area contributed by atoms with Crippen LogP contribution in [0, 0.1) is 0 Å². The molecule has 0 saturated carbocycles. The first-order valence-electron chi connectivity index (χ1n) is 9.69. The molecule has 26 heavy (non-hydrogen) atoms. The van der Waals surface area contributed by atoms with Crippen LogP contribution >= 0.6 is 0 Å². The Balaban J connectivity index is 1.35. The Kier molecular flexibility index (Phi) is 6.77. The van der Waals surface area contributed by atoms with E-state index in [9.17, 15) is 9.59 Å². The molecule has 1 aromatic carbocycles. The maximum absolute atomic E-state index is 12.0. The van der Waals surface area contributed by atoms with Gasteiger partial charge in [0.05, 0.1) is 10.9 Å². The van der Waals surface area contributed by atoms with E-state index in [1.54, 1.807) is 6.07 Å². The Labute approximate surface area is 154 Å². The van der Waals surface area contributed by atoms with E-state index in [0.717, 1.165) is 19.5 Å². The highest BCUT2D eigenvalue weighted by molar-refractivity contribution is 5.77. The van der Waals surface area contributed by atoms with Crippen molar-refractivity contribution in [3.63, 3.8) is 0 Å². The van der Waals surface area contributed by atoms with Gasteiger partial charge in [0.2, 0.25) is 5.91 Å². The number of rotatable bonds is 8. The minimum atomic E-state index is -0.118. The van der Waals surface area contributed by atoms with Crippen molar-refractivity contribution in [2.24, 2.45) is 0 Å². The predicted molar refractivity (Wildman–Crippen MR) is 103 cm³/mol. The summed E-state index contributed by atoms with van der Waals surface area (Å²) in [7, 11) is 0. The molecule has 0 spiro atoms. The van der Waals surface area contributed by atoms with Crippen molar-refractivity contribution >= 4 is 16.8 Å². The zero-order chi connectivity index (χ0) is 18.2. The molecule has 140 valence electrons. The molecule has 0 unspecified atom stereocenters. The van der Waals surface area contributed by atoms with Gasteiger partial charge in [-0.15, -0.1) is 0 Å². The molecule has 0 radical (unpaired) electrons. The lowest BCUT2D eigenvalue weighted by Crippen LogP contribution is -2.33. The van der Waals surface area contributed by atoms with Gasteiger partial charge in [-0.2, -0.15) is 0 Å². The minimum absolute atomic E-state index is 0.0757. The van der Waals surface area contributed by atoms with Crippen molar-refractivity contribution in [2.45, 2.75) is 44.9 Å². The highest BCUT2D eigenvalue weighted by Crippen LogP contribution is 2.09. The Bertz CT molecular complexity index is 781. The van der Waals surface area contributed by atoms with Crippen molar-refractivity contribution in [3.8, 4) is 0 Å². The maximum Gasteiger partial charge on any atom is 0.258 e. The molecule has 3 rings (SSSR count). The summed E-state index contributed by atoms with van der Waals surface area (Å²) in [6.45, 7) is 4.21. The van der Waals surface area contributed by atoms with Crippen molar-refractivity contribution in [1.29, 1.82) is 0 Å². The van der Waals surface area contributed by atoms with Gasteiger partial charge in [0.1, 0.15) is 5.82 Å². The van der Waals surface area contributed by atoms with Gasteiger partial charge in [0, 0.05) is 19.4 Å². The SMILES string of the molecule is O=C(CCCc1nc2ccccc2c(=O)[nH]1)NCCCN1CCCCC1. The van der Waals surface area contributed by atoms with Crippen molar-refractivity contribution < 1.29 is 4.79 Å². The third-order valence-corrected chi connectivity index (χ3v) is 4.90. The zero-order valence-corrected chi connectivity index (χ0v) is 15.3. The number of nitrogens with one attached hydrogen (secondary N) is 2. The monoisotopic (exact) mass is 356 g/mol. The molecule has 6 heteroatoms. The number of hydrogen-bond acceptors (Lipinski definition) is 4. The number of H-pyrrole nitrogens is 1. The van der Waals surface area contributed by atoms with Gasteiger partial charge in [-0.3, -0.25) is 9.59 Å². The molecule has 1 fully saturated rings. The normalized spacial score (nSPS) is 15.2. The summed E-state index contributed by atoms with van der Waals surface area (Å²) in [4.78, 5) is 33.7. The van der Waals surface area contributed by atoms with Crippen LogP contribution in [0.1, 0.15) is 44.3 Å². The topological polar surface area (TPSA) is 78.1 Å². The summed E-state index contributed by atoms with van der Waals surface area (Å²) in [5.41, 5.74) is 0.584. The van der Waals surface area contributed by atoms with Gasteiger partial charge in [0.15, 0.2) is 0 Å². The Morgan fingerprint density at radius 3 is 2.81 bits per heavy atom. The van der Waals surface area contributed by atoms with E-state index >= 15 is 0 Å². The van der Waals surface area contributed by atoms with Crippen molar-refractivity contribution in [2.75, 3.05) is 26.2 Å². The number of benzene rings is 1. The van der Waals surface area contributed by atoms with Gasteiger partial charge >= 0.3 is 0 Å². The summed E-state index contributed by atoms with van der Waals surface area (Å²) in [6.07, 6.45) is 6.70. The second-order valence-electron chi connectivity index (χ2n) is 6.99. The molecule has 1 aliphatic rings. The second kappa shape index (κ2) is 9.48. The van der Waals surface area contributed by atoms with E-state index in [-0.39, 0.29) is 11.5 Å². The molecule has 1 saturated heterocycles. The number of piperidine rings is 1. The van der Waals surface area contributed by atoms with Gasteiger partial charge < -0.3 is 15.2 Å². The molecule has 0 atom stereocenters. The van der Waals surface area contributed by atoms with Crippen LogP contribution in [0.25, 0.3) is 10.9 Å². The number of para-hydroxylation sites is 1. The number of hydrogen-bond donors (Lipinski definition) is 2. The smallest absolute Gasteiger partial charge is 0.258 e. The Hall–Kier alpha value is -2.21. The number of amides is 1. The third kappa shape index (κ3) is 5.39. The van der Waals surface area contributed by atoms with E-state index in [1.807, 2.05) is 18.2 Å². The summed E-state index contributed by atoms with van der Waals surface area (Å²) in [5.74, 6) is 0.721. The molecule has 2 heterocycles. The molecule has 2 N–H and O–H groups in total. The lowest BCUT2D eigenvalue weighted by atomic mass is 10.1. The fraction of sp³-hybridized carbons (Fsp3) is 0.550. The second-order valence-corrected chi connectivity index (χ2v) is 6.99. The van der Waals surface area contributed by atoms with Crippen molar-refractivity contribution in [1.82, 2.24) is 20.2 Å². The quantitative estimate of drug-likeness (QED) is 0.711. The van der Waals surface area contributed by atoms with Crippen molar-refractivity contribution in [3.05, 3.63) is 40.4 Å². The molecule has 2 aromatic rings. The number of carbonyl (C=O) groups excluding carboxylic acids is 1. The average Bonchev–Trinajstić information content (AvgIpc) is 2.66. The largest absolute Gasteiger partial charge is 0.356 e. The van der Waals surface area contributed by atoms with Gasteiger partial charge in [-0.1, -0.05) is 18.6 Å². The number of carbonyl (C=O) groups is 1. The highest BCUT2D eigenvalue weighted by Gasteiger charge is 2.09. The summed E-state index contributed by atoms with van der Waals surface area (Å²) < 4.78 is 0. The number of likely N-dealkylation sites (tertiary alicyclic amines) is 1. The van der Waals surface area contributed by atoms with Crippen LogP contribution in [-0.4, -0.2) is 47.0 Å². The summed E-state index contributed by atoms with van der Waals surface area (Å²) >= 11 is 0. The lowest BCUT2D eigenvalue weighted by molar-refractivity contribution is -0.121. The van der Waals surface area contributed by atoms with Crippen LogP contribution in [0.5, 0.6) is 0 Å². The van der Waals surface area contributed by atoms with E-state index in [0.29, 0.717) is 36.0 Å². The molecular formula is C20H28N4O2. The fourth-order valence-corrected chi connectivity index (χ4v) is 3.47. The maximum atomic E-state index is 12.0. The average molecular weight is 356 g/mol. The van der Waals surface area contributed by atoms with Crippen LogP contribution in [0.15, 0.2) is 29.1 Å². The van der Waals surface area contributed by atoms with Gasteiger partial charge in [-0.05, 0) is 57.5 Å². The zero-order valence-electron chi connectivity index (χ0n) is 15.3. The third-order valence-electron chi connectivity index (χ3n) is 4.90. The van der Waals surface area contributed by atoms with Gasteiger partial charge in [-0.25, -0.2) is 4.98 Å². The number of fused-ring (bicyclic) bond motifs is 1. The minimum Gasteiger partial charge on any atom is -0.356 e. The molecule has 1 aromatic heterocycles. The number of aromatic nitrogens is 2. The molecular weight excluding hydrogens is 328 g/mol. The first kappa shape index (κ1) is 18.6. The van der Waals surface area contributed by atoms with E-state index in [4.69, 9.17) is 0 Å². The summed E-state index contributed by atoms with van der Waals surface area (Å²) in [6, 6.07) is 7.30. The van der Waals surface area contributed by atoms with E-state index in [1.165, 1.54) is 32.4 Å².